The van der Waals surface area contributed by atoms with Crippen LogP contribution in [0.5, 0.6) is 0 Å². The van der Waals surface area contributed by atoms with Crippen LogP contribution in [0.25, 0.3) is 0 Å². The van der Waals surface area contributed by atoms with Gasteiger partial charge in [-0.15, -0.1) is 0 Å². The summed E-state index contributed by atoms with van der Waals surface area (Å²) in [6, 6.07) is 3.02. The Morgan fingerprint density at radius 3 is 2.79 bits per heavy atom. The Kier molecular flexibility index (Phi) is 5.76. The molecule has 3 nitrogen and oxygen atoms in total. The molecule has 19 heavy (non-hydrogen) atoms. The summed E-state index contributed by atoms with van der Waals surface area (Å²) in [5.74, 6) is 2.98. The summed E-state index contributed by atoms with van der Waals surface area (Å²) in [5, 5.41) is 4.70. The van der Waals surface area contributed by atoms with E-state index in [0.717, 1.165) is 23.8 Å². The molecular formula is C15H27N3S. The molecule has 0 radical (unpaired) electrons. The zero-order valence-corrected chi connectivity index (χ0v) is 13.0. The van der Waals surface area contributed by atoms with Crippen molar-refractivity contribution in [3.8, 4) is 0 Å². The molecule has 1 aliphatic carbocycles. The maximum absolute atomic E-state index is 6.18. The van der Waals surface area contributed by atoms with E-state index < -0.39 is 0 Å². The normalized spacial score (nSPS) is 18.3. The van der Waals surface area contributed by atoms with E-state index in [1.165, 1.54) is 31.4 Å². The Bertz CT molecular complexity index is 369. The molecule has 0 bridgehead atoms. The number of rotatable bonds is 7. The first kappa shape index (κ1) is 14.9. The van der Waals surface area contributed by atoms with Gasteiger partial charge in [-0.1, -0.05) is 26.7 Å². The van der Waals surface area contributed by atoms with Gasteiger partial charge in [-0.2, -0.15) is 16.9 Å². The topological polar surface area (TPSA) is 43.8 Å². The van der Waals surface area contributed by atoms with E-state index in [1.807, 2.05) is 11.8 Å². The van der Waals surface area contributed by atoms with Crippen molar-refractivity contribution in [1.82, 2.24) is 9.78 Å². The zero-order valence-electron chi connectivity index (χ0n) is 12.2. The van der Waals surface area contributed by atoms with Gasteiger partial charge in [0.15, 0.2) is 0 Å². The van der Waals surface area contributed by atoms with Crippen molar-refractivity contribution in [2.45, 2.75) is 58.0 Å². The van der Waals surface area contributed by atoms with E-state index in [4.69, 9.17) is 10.8 Å². The van der Waals surface area contributed by atoms with Crippen molar-refractivity contribution in [2.75, 3.05) is 11.5 Å². The summed E-state index contributed by atoms with van der Waals surface area (Å²) in [6.45, 7) is 4.50. The minimum atomic E-state index is 0.232. The lowest BCUT2D eigenvalue weighted by molar-refractivity contribution is 0.461. The molecule has 1 heterocycles. The summed E-state index contributed by atoms with van der Waals surface area (Å²) in [6.07, 6.45) is 8.33. The fourth-order valence-corrected chi connectivity index (χ4v) is 3.67. The smallest absolute Gasteiger partial charge is 0.0640 e. The molecule has 108 valence electrons. The van der Waals surface area contributed by atoms with E-state index in [9.17, 15) is 0 Å². The lowest BCUT2D eigenvalue weighted by atomic mass is 10.2. The third kappa shape index (κ3) is 4.84. The molecule has 0 aliphatic heterocycles. The van der Waals surface area contributed by atoms with Gasteiger partial charge in [-0.3, -0.25) is 4.68 Å². The SMILES string of the molecule is CC(C)CSCC(N)Cc1ccn(C2CCCC2)n1. The first-order valence-corrected chi connectivity index (χ1v) is 8.68. The quantitative estimate of drug-likeness (QED) is 0.834. The van der Waals surface area contributed by atoms with Crippen LogP contribution < -0.4 is 5.73 Å². The van der Waals surface area contributed by atoms with Gasteiger partial charge in [-0.25, -0.2) is 0 Å². The molecule has 1 unspecified atom stereocenters. The standard InChI is InChI=1S/C15H27N3S/c1-12(2)10-19-11-13(16)9-14-7-8-18(17-14)15-5-3-4-6-15/h7-8,12-13,15H,3-6,9-11,16H2,1-2H3. The lowest BCUT2D eigenvalue weighted by Crippen LogP contribution is -2.26. The first-order valence-electron chi connectivity index (χ1n) is 7.52. The van der Waals surface area contributed by atoms with Crippen LogP contribution in [0.4, 0.5) is 0 Å². The molecule has 2 rings (SSSR count). The van der Waals surface area contributed by atoms with Crippen LogP contribution in [0.3, 0.4) is 0 Å². The van der Waals surface area contributed by atoms with Gasteiger partial charge in [0, 0.05) is 24.4 Å². The largest absolute Gasteiger partial charge is 0.327 e. The van der Waals surface area contributed by atoms with E-state index in [0.29, 0.717) is 6.04 Å². The summed E-state index contributed by atoms with van der Waals surface area (Å²) in [4.78, 5) is 0. The van der Waals surface area contributed by atoms with E-state index in [2.05, 4.69) is 30.8 Å². The van der Waals surface area contributed by atoms with Gasteiger partial charge >= 0.3 is 0 Å². The van der Waals surface area contributed by atoms with E-state index in [-0.39, 0.29) is 6.04 Å². The van der Waals surface area contributed by atoms with E-state index in [1.54, 1.807) is 0 Å². The Morgan fingerprint density at radius 1 is 1.37 bits per heavy atom. The highest BCUT2D eigenvalue weighted by Gasteiger charge is 2.18. The first-order chi connectivity index (χ1) is 9.15. The third-order valence-corrected chi connectivity index (χ3v) is 5.18. The monoisotopic (exact) mass is 281 g/mol. The van der Waals surface area contributed by atoms with Crippen molar-refractivity contribution in [1.29, 1.82) is 0 Å². The van der Waals surface area contributed by atoms with Gasteiger partial charge in [0.25, 0.3) is 0 Å². The average Bonchev–Trinajstić information content (AvgIpc) is 2.97. The Hall–Kier alpha value is -0.480. The summed E-state index contributed by atoms with van der Waals surface area (Å²) in [7, 11) is 0. The van der Waals surface area contributed by atoms with Gasteiger partial charge in [0.2, 0.25) is 0 Å². The minimum Gasteiger partial charge on any atom is -0.327 e. The molecule has 0 aromatic carbocycles. The third-order valence-electron chi connectivity index (χ3n) is 3.62. The number of hydrogen-bond donors (Lipinski definition) is 1. The highest BCUT2D eigenvalue weighted by molar-refractivity contribution is 7.99. The van der Waals surface area contributed by atoms with Crippen LogP contribution >= 0.6 is 11.8 Å². The van der Waals surface area contributed by atoms with Crippen LogP contribution in [0.15, 0.2) is 12.3 Å². The molecule has 2 N–H and O–H groups in total. The number of thioether (sulfide) groups is 1. The summed E-state index contributed by atoms with van der Waals surface area (Å²) in [5.41, 5.74) is 7.34. The van der Waals surface area contributed by atoms with Crippen LogP contribution in [0, 0.1) is 5.92 Å². The lowest BCUT2D eigenvalue weighted by Gasteiger charge is -2.11. The van der Waals surface area contributed by atoms with Crippen molar-refractivity contribution < 1.29 is 0 Å². The van der Waals surface area contributed by atoms with Crippen LogP contribution in [-0.4, -0.2) is 27.3 Å². The zero-order chi connectivity index (χ0) is 13.7. The van der Waals surface area contributed by atoms with Crippen LogP contribution in [0.1, 0.15) is 51.3 Å². The fourth-order valence-electron chi connectivity index (χ4n) is 2.64. The molecule has 1 aliphatic rings. The predicted octanol–water partition coefficient (Wildman–Crippen LogP) is 3.26. The number of nitrogens with zero attached hydrogens (tertiary/aromatic N) is 2. The molecule has 1 fully saturated rings. The molecule has 0 amide bonds. The highest BCUT2D eigenvalue weighted by atomic mass is 32.2. The number of aromatic nitrogens is 2. The van der Waals surface area contributed by atoms with Crippen molar-refractivity contribution in [3.05, 3.63) is 18.0 Å². The molecular weight excluding hydrogens is 254 g/mol. The molecule has 1 atom stereocenters. The Labute approximate surface area is 121 Å². The predicted molar refractivity (Wildman–Crippen MR) is 83.6 cm³/mol. The molecule has 1 saturated carbocycles. The van der Waals surface area contributed by atoms with Crippen LogP contribution in [-0.2, 0) is 6.42 Å². The Morgan fingerprint density at radius 2 is 2.11 bits per heavy atom. The van der Waals surface area contributed by atoms with Crippen molar-refractivity contribution in [3.63, 3.8) is 0 Å². The molecule has 1 aromatic heterocycles. The number of nitrogens with two attached hydrogens (primary N) is 1. The van der Waals surface area contributed by atoms with Crippen molar-refractivity contribution in [2.24, 2.45) is 11.7 Å². The maximum Gasteiger partial charge on any atom is 0.0640 e. The van der Waals surface area contributed by atoms with Gasteiger partial charge in [0.05, 0.1) is 11.7 Å². The highest BCUT2D eigenvalue weighted by Crippen LogP contribution is 2.28. The van der Waals surface area contributed by atoms with E-state index >= 15 is 0 Å². The second-order valence-corrected chi connectivity index (χ2v) is 7.20. The average molecular weight is 281 g/mol. The molecule has 1 aromatic rings. The Balaban J connectivity index is 1.75. The van der Waals surface area contributed by atoms with Crippen LogP contribution in [0.2, 0.25) is 0 Å². The van der Waals surface area contributed by atoms with Gasteiger partial charge in [0.1, 0.15) is 0 Å². The number of hydrogen-bond acceptors (Lipinski definition) is 3. The summed E-state index contributed by atoms with van der Waals surface area (Å²) >= 11 is 1.96. The molecule has 4 heteroatoms. The molecule has 0 spiro atoms. The van der Waals surface area contributed by atoms with Crippen molar-refractivity contribution >= 4 is 11.8 Å². The minimum absolute atomic E-state index is 0.232. The summed E-state index contributed by atoms with van der Waals surface area (Å²) < 4.78 is 2.16. The second kappa shape index (κ2) is 7.34. The second-order valence-electron chi connectivity index (χ2n) is 6.12. The van der Waals surface area contributed by atoms with Gasteiger partial charge in [-0.05, 0) is 30.6 Å². The maximum atomic E-state index is 6.18. The molecule has 0 saturated heterocycles. The van der Waals surface area contributed by atoms with Gasteiger partial charge < -0.3 is 5.73 Å². The fraction of sp³-hybridized carbons (Fsp3) is 0.800.